The number of hydrogen-bond acceptors (Lipinski definition) is 6. The van der Waals surface area contributed by atoms with E-state index in [0.29, 0.717) is 29.7 Å². The van der Waals surface area contributed by atoms with Gasteiger partial charge in [0.1, 0.15) is 0 Å². The Morgan fingerprint density at radius 3 is 2.62 bits per heavy atom. The molecule has 1 aliphatic rings. The van der Waals surface area contributed by atoms with E-state index in [0.717, 1.165) is 10.4 Å². The average Bonchev–Trinajstić information content (AvgIpc) is 3.16. The standard InChI is InChI=1S/C16H15N3O3S2/c1-11-4-6-13(7-5-11)24(20,21)19-9-12(10-19)16-17-15(18-22-16)14-3-2-8-23-14/h2-8,12H,9-10H2,1H3. The molecule has 4 rings (SSSR count). The van der Waals surface area contributed by atoms with Crippen molar-refractivity contribution in [3.63, 3.8) is 0 Å². The monoisotopic (exact) mass is 361 g/mol. The van der Waals surface area contributed by atoms with Gasteiger partial charge in [-0.05, 0) is 30.5 Å². The van der Waals surface area contributed by atoms with Crippen molar-refractivity contribution >= 4 is 21.4 Å². The highest BCUT2D eigenvalue weighted by atomic mass is 32.2. The minimum atomic E-state index is -3.45. The van der Waals surface area contributed by atoms with Crippen LogP contribution in [0.2, 0.25) is 0 Å². The van der Waals surface area contributed by atoms with Gasteiger partial charge in [-0.2, -0.15) is 9.29 Å². The summed E-state index contributed by atoms with van der Waals surface area (Å²) in [7, 11) is -3.45. The molecule has 8 heteroatoms. The lowest BCUT2D eigenvalue weighted by Crippen LogP contribution is -2.48. The van der Waals surface area contributed by atoms with E-state index in [-0.39, 0.29) is 5.92 Å². The lowest BCUT2D eigenvalue weighted by Gasteiger charge is -2.35. The van der Waals surface area contributed by atoms with Crippen molar-refractivity contribution in [1.29, 1.82) is 0 Å². The summed E-state index contributed by atoms with van der Waals surface area (Å²) in [5.41, 5.74) is 1.03. The van der Waals surface area contributed by atoms with Gasteiger partial charge in [0.25, 0.3) is 0 Å². The summed E-state index contributed by atoms with van der Waals surface area (Å²) in [6.07, 6.45) is 0. The second-order valence-corrected chi connectivity index (χ2v) is 8.65. The molecule has 1 fully saturated rings. The number of sulfonamides is 1. The van der Waals surface area contributed by atoms with Crippen molar-refractivity contribution < 1.29 is 12.9 Å². The summed E-state index contributed by atoms with van der Waals surface area (Å²) in [5, 5.41) is 5.92. The van der Waals surface area contributed by atoms with Gasteiger partial charge in [0.2, 0.25) is 21.7 Å². The lowest BCUT2D eigenvalue weighted by atomic mass is 10.0. The zero-order valence-electron chi connectivity index (χ0n) is 12.9. The first-order valence-corrected chi connectivity index (χ1v) is 9.80. The third-order valence-electron chi connectivity index (χ3n) is 4.04. The van der Waals surface area contributed by atoms with Gasteiger partial charge in [-0.25, -0.2) is 8.42 Å². The van der Waals surface area contributed by atoms with E-state index < -0.39 is 10.0 Å². The molecule has 0 bridgehead atoms. The maximum Gasteiger partial charge on any atom is 0.243 e. The van der Waals surface area contributed by atoms with Crippen LogP contribution < -0.4 is 0 Å². The Hall–Kier alpha value is -2.03. The summed E-state index contributed by atoms with van der Waals surface area (Å²) < 4.78 is 31.9. The van der Waals surface area contributed by atoms with Crippen LogP contribution in [0.15, 0.2) is 51.2 Å². The van der Waals surface area contributed by atoms with Crippen LogP contribution in [0, 0.1) is 6.92 Å². The van der Waals surface area contributed by atoms with Crippen LogP contribution in [-0.4, -0.2) is 36.0 Å². The van der Waals surface area contributed by atoms with Gasteiger partial charge in [-0.3, -0.25) is 0 Å². The fourth-order valence-corrected chi connectivity index (χ4v) is 4.74. The molecule has 1 saturated heterocycles. The van der Waals surface area contributed by atoms with E-state index in [1.165, 1.54) is 15.6 Å². The Labute approximate surface area is 143 Å². The van der Waals surface area contributed by atoms with Crippen molar-refractivity contribution in [2.75, 3.05) is 13.1 Å². The number of benzene rings is 1. The molecule has 3 heterocycles. The fourth-order valence-electron chi connectivity index (χ4n) is 2.56. The molecule has 0 unspecified atom stereocenters. The highest BCUT2D eigenvalue weighted by Gasteiger charge is 2.40. The van der Waals surface area contributed by atoms with E-state index in [2.05, 4.69) is 10.1 Å². The molecule has 0 amide bonds. The van der Waals surface area contributed by atoms with Crippen LogP contribution in [0.1, 0.15) is 17.4 Å². The average molecular weight is 361 g/mol. The van der Waals surface area contributed by atoms with Crippen molar-refractivity contribution in [2.24, 2.45) is 0 Å². The third-order valence-corrected chi connectivity index (χ3v) is 6.75. The van der Waals surface area contributed by atoms with Gasteiger partial charge in [-0.15, -0.1) is 11.3 Å². The third kappa shape index (κ3) is 2.66. The second kappa shape index (κ2) is 5.80. The maximum absolute atomic E-state index is 12.6. The van der Waals surface area contributed by atoms with Crippen LogP contribution in [0.25, 0.3) is 10.7 Å². The molecule has 0 saturated carbocycles. The lowest BCUT2D eigenvalue weighted by molar-refractivity contribution is 0.217. The van der Waals surface area contributed by atoms with Crippen LogP contribution in [0.3, 0.4) is 0 Å². The molecule has 1 aliphatic heterocycles. The molecule has 0 radical (unpaired) electrons. The Morgan fingerprint density at radius 2 is 1.96 bits per heavy atom. The van der Waals surface area contributed by atoms with Crippen LogP contribution in [0.5, 0.6) is 0 Å². The Morgan fingerprint density at radius 1 is 1.21 bits per heavy atom. The van der Waals surface area contributed by atoms with Gasteiger partial charge >= 0.3 is 0 Å². The van der Waals surface area contributed by atoms with Crippen molar-refractivity contribution in [3.8, 4) is 10.7 Å². The molecule has 0 N–H and O–H groups in total. The summed E-state index contributed by atoms with van der Waals surface area (Å²) in [4.78, 5) is 5.64. The number of nitrogens with zero attached hydrogens (tertiary/aromatic N) is 3. The van der Waals surface area contributed by atoms with Crippen molar-refractivity contribution in [1.82, 2.24) is 14.4 Å². The van der Waals surface area contributed by atoms with E-state index in [1.807, 2.05) is 24.4 Å². The molecule has 0 spiro atoms. The van der Waals surface area contributed by atoms with Crippen LogP contribution in [-0.2, 0) is 10.0 Å². The second-order valence-electron chi connectivity index (χ2n) is 5.77. The molecular weight excluding hydrogens is 346 g/mol. The normalized spacial score (nSPS) is 16.2. The summed E-state index contributed by atoms with van der Waals surface area (Å²) in [6.45, 7) is 2.65. The first-order chi connectivity index (χ1) is 11.5. The van der Waals surface area contributed by atoms with Gasteiger partial charge in [-0.1, -0.05) is 28.9 Å². The van der Waals surface area contributed by atoms with Gasteiger partial charge in [0, 0.05) is 13.1 Å². The van der Waals surface area contributed by atoms with Gasteiger partial charge in [0.15, 0.2) is 0 Å². The number of rotatable bonds is 4. The van der Waals surface area contributed by atoms with E-state index in [9.17, 15) is 8.42 Å². The minimum Gasteiger partial charge on any atom is -0.339 e. The molecule has 2 aromatic heterocycles. The molecule has 0 atom stereocenters. The summed E-state index contributed by atoms with van der Waals surface area (Å²) >= 11 is 1.54. The Balaban J connectivity index is 1.47. The Kier molecular flexibility index (Phi) is 3.75. The maximum atomic E-state index is 12.6. The van der Waals surface area contributed by atoms with Crippen LogP contribution >= 0.6 is 11.3 Å². The predicted molar refractivity (Wildman–Crippen MR) is 90.3 cm³/mol. The van der Waals surface area contributed by atoms with Crippen molar-refractivity contribution in [2.45, 2.75) is 17.7 Å². The highest BCUT2D eigenvalue weighted by molar-refractivity contribution is 7.89. The van der Waals surface area contributed by atoms with Crippen molar-refractivity contribution in [3.05, 3.63) is 53.2 Å². The zero-order chi connectivity index (χ0) is 16.7. The molecular formula is C16H15N3O3S2. The minimum absolute atomic E-state index is 0.0496. The topological polar surface area (TPSA) is 76.3 Å². The van der Waals surface area contributed by atoms with Gasteiger partial charge < -0.3 is 4.52 Å². The smallest absolute Gasteiger partial charge is 0.243 e. The fraction of sp³-hybridized carbons (Fsp3) is 0.250. The number of thiophene rings is 1. The first-order valence-electron chi connectivity index (χ1n) is 7.48. The first kappa shape index (κ1) is 15.5. The number of aryl methyl sites for hydroxylation is 1. The quantitative estimate of drug-likeness (QED) is 0.714. The summed E-state index contributed by atoms with van der Waals surface area (Å²) in [6, 6.07) is 10.7. The molecule has 6 nitrogen and oxygen atoms in total. The number of hydrogen-bond donors (Lipinski definition) is 0. The molecule has 1 aromatic carbocycles. The highest BCUT2D eigenvalue weighted by Crippen LogP contribution is 2.32. The summed E-state index contributed by atoms with van der Waals surface area (Å²) in [5.74, 6) is 1.00. The molecule has 24 heavy (non-hydrogen) atoms. The zero-order valence-corrected chi connectivity index (χ0v) is 14.5. The Bertz CT molecular complexity index is 941. The molecule has 0 aliphatic carbocycles. The van der Waals surface area contributed by atoms with Crippen LogP contribution in [0.4, 0.5) is 0 Å². The molecule has 3 aromatic rings. The van der Waals surface area contributed by atoms with Gasteiger partial charge in [0.05, 0.1) is 15.7 Å². The molecule has 124 valence electrons. The van der Waals surface area contributed by atoms with E-state index in [1.54, 1.807) is 24.3 Å². The number of aromatic nitrogens is 2. The van der Waals surface area contributed by atoms with E-state index >= 15 is 0 Å². The SMILES string of the molecule is Cc1ccc(S(=O)(=O)N2CC(c3nc(-c4cccs4)no3)C2)cc1. The predicted octanol–water partition coefficient (Wildman–Crippen LogP) is 2.89. The van der Waals surface area contributed by atoms with E-state index in [4.69, 9.17) is 4.52 Å². The largest absolute Gasteiger partial charge is 0.339 e.